The van der Waals surface area contributed by atoms with E-state index in [2.05, 4.69) is 37.9 Å². The molecule has 0 atom stereocenters. The van der Waals surface area contributed by atoms with Crippen molar-refractivity contribution in [2.24, 2.45) is 5.10 Å². The van der Waals surface area contributed by atoms with Crippen LogP contribution in [0.15, 0.2) is 11.3 Å². The first kappa shape index (κ1) is 12.3. The molecule has 8 nitrogen and oxygen atoms in total. The van der Waals surface area contributed by atoms with Crippen molar-refractivity contribution in [3.63, 3.8) is 0 Å². The maximum Gasteiger partial charge on any atom is 0.293 e. The van der Waals surface area contributed by atoms with Crippen LogP contribution in [0.5, 0.6) is 0 Å². The lowest BCUT2D eigenvalue weighted by molar-refractivity contribution is 0.643. The van der Waals surface area contributed by atoms with Gasteiger partial charge in [0.05, 0.1) is 11.9 Å². The van der Waals surface area contributed by atoms with Crippen LogP contribution in [0.2, 0.25) is 0 Å². The summed E-state index contributed by atoms with van der Waals surface area (Å²) in [6, 6.07) is 0. The third kappa shape index (κ3) is 2.76. The average molecular weight is 248 g/mol. The Labute approximate surface area is 105 Å². The molecule has 0 aliphatic rings. The van der Waals surface area contributed by atoms with Crippen molar-refractivity contribution in [3.05, 3.63) is 11.9 Å². The number of tetrazole rings is 1. The topological polar surface area (TPSA) is 86.7 Å². The van der Waals surface area contributed by atoms with E-state index in [0.29, 0.717) is 5.95 Å². The third-order valence-electron chi connectivity index (χ3n) is 2.26. The van der Waals surface area contributed by atoms with Crippen molar-refractivity contribution in [2.45, 2.75) is 40.0 Å². The minimum atomic E-state index is 0.437. The predicted octanol–water partition coefficient (Wildman–Crippen LogP) is 0.840. The number of hydrogen-bond acceptors (Lipinski definition) is 6. The molecule has 18 heavy (non-hydrogen) atoms. The summed E-state index contributed by atoms with van der Waals surface area (Å²) in [5.41, 5.74) is 1.79. The van der Waals surface area contributed by atoms with E-state index in [9.17, 15) is 0 Å². The Morgan fingerprint density at radius 3 is 2.83 bits per heavy atom. The minimum Gasteiger partial charge on any atom is -0.183 e. The first-order valence-corrected chi connectivity index (χ1v) is 5.93. The molecule has 0 aliphatic heterocycles. The lowest BCUT2D eigenvalue weighted by atomic mass is 10.2. The molecule has 0 saturated heterocycles. The fourth-order valence-electron chi connectivity index (χ4n) is 1.44. The van der Waals surface area contributed by atoms with Crippen molar-refractivity contribution in [1.29, 1.82) is 0 Å². The van der Waals surface area contributed by atoms with Crippen molar-refractivity contribution >= 4 is 5.71 Å². The van der Waals surface area contributed by atoms with Gasteiger partial charge in [-0.15, -0.1) is 5.10 Å². The van der Waals surface area contributed by atoms with Crippen molar-refractivity contribution in [1.82, 2.24) is 35.3 Å². The Hall–Kier alpha value is -2.12. The van der Waals surface area contributed by atoms with Crippen LogP contribution in [-0.4, -0.2) is 41.0 Å². The summed E-state index contributed by atoms with van der Waals surface area (Å²) in [5.74, 6) is 0.437. The molecule has 0 aromatic carbocycles. The van der Waals surface area contributed by atoms with E-state index in [4.69, 9.17) is 0 Å². The standard InChI is InChI=1S/C10H16N8/c1-4-5-6-9-7-17(15-11-9)10-12-14-16-18(10)13-8(2)3/h7H,4-6H2,1-3H3. The van der Waals surface area contributed by atoms with E-state index in [1.165, 1.54) is 9.47 Å². The summed E-state index contributed by atoms with van der Waals surface area (Å²) < 4.78 is 1.54. The van der Waals surface area contributed by atoms with Gasteiger partial charge in [0.1, 0.15) is 0 Å². The van der Waals surface area contributed by atoms with E-state index in [1.54, 1.807) is 0 Å². The monoisotopic (exact) mass is 248 g/mol. The van der Waals surface area contributed by atoms with Gasteiger partial charge in [0.25, 0.3) is 5.95 Å². The van der Waals surface area contributed by atoms with Crippen LogP contribution in [0.25, 0.3) is 5.95 Å². The number of aryl methyl sites for hydroxylation is 1. The SMILES string of the molecule is CCCCc1cn(-c2nnnn2N=C(C)C)nn1. The van der Waals surface area contributed by atoms with Gasteiger partial charge in [-0.3, -0.25) is 0 Å². The highest BCUT2D eigenvalue weighted by Crippen LogP contribution is 2.04. The number of aromatic nitrogens is 7. The number of hydrogen-bond donors (Lipinski definition) is 0. The molecule has 0 spiro atoms. The highest BCUT2D eigenvalue weighted by molar-refractivity contribution is 5.78. The Kier molecular flexibility index (Phi) is 3.75. The van der Waals surface area contributed by atoms with Gasteiger partial charge in [0, 0.05) is 5.71 Å². The number of unbranched alkanes of at least 4 members (excludes halogenated alkanes) is 1. The Balaban J connectivity index is 2.23. The second kappa shape index (κ2) is 5.48. The minimum absolute atomic E-state index is 0.437. The summed E-state index contributed by atoms with van der Waals surface area (Å²) in [7, 11) is 0. The summed E-state index contributed by atoms with van der Waals surface area (Å²) in [6.45, 7) is 5.89. The molecule has 0 amide bonds. The van der Waals surface area contributed by atoms with Gasteiger partial charge in [-0.25, -0.2) is 0 Å². The second-order valence-electron chi connectivity index (χ2n) is 4.17. The molecule has 0 saturated carbocycles. The fourth-order valence-corrected chi connectivity index (χ4v) is 1.44. The summed E-state index contributed by atoms with van der Waals surface area (Å²) in [4.78, 5) is 1.34. The average Bonchev–Trinajstić information content (AvgIpc) is 2.93. The molecule has 0 aliphatic carbocycles. The number of rotatable bonds is 5. The number of nitrogens with zero attached hydrogens (tertiary/aromatic N) is 8. The van der Waals surface area contributed by atoms with Crippen LogP contribution >= 0.6 is 0 Å². The van der Waals surface area contributed by atoms with Crippen LogP contribution in [0.4, 0.5) is 0 Å². The largest absolute Gasteiger partial charge is 0.293 e. The quantitative estimate of drug-likeness (QED) is 0.732. The fraction of sp³-hybridized carbons (Fsp3) is 0.600. The van der Waals surface area contributed by atoms with Gasteiger partial charge >= 0.3 is 0 Å². The van der Waals surface area contributed by atoms with E-state index >= 15 is 0 Å². The predicted molar refractivity (Wildman–Crippen MR) is 65.5 cm³/mol. The van der Waals surface area contributed by atoms with Gasteiger partial charge in [-0.1, -0.05) is 28.4 Å². The van der Waals surface area contributed by atoms with Crippen LogP contribution in [0, 0.1) is 0 Å². The molecular weight excluding hydrogens is 232 g/mol. The lowest BCUT2D eigenvalue weighted by Gasteiger charge is -1.96. The first-order valence-electron chi connectivity index (χ1n) is 5.93. The highest BCUT2D eigenvalue weighted by atomic mass is 15.7. The molecule has 0 N–H and O–H groups in total. The van der Waals surface area contributed by atoms with Crippen LogP contribution in [-0.2, 0) is 6.42 Å². The molecule has 0 fully saturated rings. The van der Waals surface area contributed by atoms with E-state index < -0.39 is 0 Å². The van der Waals surface area contributed by atoms with Crippen molar-refractivity contribution in [3.8, 4) is 5.95 Å². The van der Waals surface area contributed by atoms with Gasteiger partial charge in [0.2, 0.25) is 0 Å². The van der Waals surface area contributed by atoms with Crippen molar-refractivity contribution in [2.75, 3.05) is 0 Å². The Morgan fingerprint density at radius 2 is 2.11 bits per heavy atom. The smallest absolute Gasteiger partial charge is 0.183 e. The van der Waals surface area contributed by atoms with Gasteiger partial charge < -0.3 is 0 Å². The molecule has 96 valence electrons. The van der Waals surface area contributed by atoms with Crippen LogP contribution in [0.1, 0.15) is 39.3 Å². The summed E-state index contributed by atoms with van der Waals surface area (Å²) >= 11 is 0. The van der Waals surface area contributed by atoms with Gasteiger partial charge in [0.15, 0.2) is 0 Å². The zero-order valence-electron chi connectivity index (χ0n) is 10.8. The molecule has 0 bridgehead atoms. The highest BCUT2D eigenvalue weighted by Gasteiger charge is 2.10. The zero-order chi connectivity index (χ0) is 13.0. The zero-order valence-corrected chi connectivity index (χ0v) is 10.8. The first-order chi connectivity index (χ1) is 8.70. The molecular formula is C10H16N8. The third-order valence-corrected chi connectivity index (χ3v) is 2.26. The van der Waals surface area contributed by atoms with E-state index in [1.807, 2.05) is 20.0 Å². The molecule has 8 heteroatoms. The maximum atomic E-state index is 4.18. The van der Waals surface area contributed by atoms with Gasteiger partial charge in [-0.05, 0) is 37.1 Å². The van der Waals surface area contributed by atoms with Gasteiger partial charge in [-0.2, -0.15) is 9.78 Å². The Bertz CT molecular complexity index is 534. The Morgan fingerprint density at radius 1 is 1.28 bits per heavy atom. The molecule has 2 heterocycles. The molecule has 0 radical (unpaired) electrons. The molecule has 2 aromatic heterocycles. The second-order valence-corrected chi connectivity index (χ2v) is 4.17. The summed E-state index contributed by atoms with van der Waals surface area (Å²) in [5, 5.41) is 23.5. The summed E-state index contributed by atoms with van der Waals surface area (Å²) in [6.07, 6.45) is 4.96. The van der Waals surface area contributed by atoms with Crippen LogP contribution in [0.3, 0.4) is 0 Å². The van der Waals surface area contributed by atoms with Crippen LogP contribution < -0.4 is 0 Å². The van der Waals surface area contributed by atoms with Crippen molar-refractivity contribution < 1.29 is 0 Å². The van der Waals surface area contributed by atoms with E-state index in [-0.39, 0.29) is 0 Å². The molecule has 2 aromatic rings. The molecule has 2 rings (SSSR count). The van der Waals surface area contributed by atoms with E-state index in [0.717, 1.165) is 30.7 Å². The normalized spacial score (nSPS) is 10.6. The maximum absolute atomic E-state index is 4.18. The lowest BCUT2D eigenvalue weighted by Crippen LogP contribution is -2.06. The molecule has 0 unspecified atom stereocenters.